The minimum atomic E-state index is 0.444. The van der Waals surface area contributed by atoms with Gasteiger partial charge in [0.05, 0.1) is 23.3 Å². The molecule has 1 heterocycles. The standard InChI is InChI=1S/C26H28N4O2/c27-19-22-6-10-25(11-7-22)31-17-3-1-5-24-21-29-14-16-30(24)15-2-4-18-32-26-12-8-23(20-28)9-13-26/h1-4,6-13,24,29H,5,14-18,21H2/b3-1+,4-2+. The minimum Gasteiger partial charge on any atom is -0.490 e. The Morgan fingerprint density at radius 3 is 1.97 bits per heavy atom. The van der Waals surface area contributed by atoms with Crippen molar-refractivity contribution in [3.8, 4) is 23.6 Å². The van der Waals surface area contributed by atoms with Crippen LogP contribution in [0.15, 0.2) is 72.8 Å². The average molecular weight is 429 g/mol. The molecule has 2 aromatic carbocycles. The van der Waals surface area contributed by atoms with Gasteiger partial charge in [-0.25, -0.2) is 0 Å². The van der Waals surface area contributed by atoms with E-state index in [2.05, 4.69) is 34.5 Å². The summed E-state index contributed by atoms with van der Waals surface area (Å²) < 4.78 is 11.4. The van der Waals surface area contributed by atoms with E-state index in [9.17, 15) is 0 Å². The van der Waals surface area contributed by atoms with E-state index in [4.69, 9.17) is 20.0 Å². The molecule has 0 aromatic heterocycles. The molecule has 164 valence electrons. The maximum absolute atomic E-state index is 8.83. The van der Waals surface area contributed by atoms with E-state index in [-0.39, 0.29) is 0 Å². The molecule has 1 atom stereocenters. The number of piperazine rings is 1. The molecule has 6 heteroatoms. The van der Waals surface area contributed by atoms with Gasteiger partial charge < -0.3 is 14.8 Å². The molecule has 1 aliphatic heterocycles. The van der Waals surface area contributed by atoms with Crippen molar-refractivity contribution in [2.75, 3.05) is 39.4 Å². The van der Waals surface area contributed by atoms with Gasteiger partial charge in [0.15, 0.2) is 0 Å². The first kappa shape index (κ1) is 23.1. The fourth-order valence-electron chi connectivity index (χ4n) is 3.42. The topological polar surface area (TPSA) is 81.3 Å². The summed E-state index contributed by atoms with van der Waals surface area (Å²) in [6.07, 6.45) is 9.37. The lowest BCUT2D eigenvalue weighted by molar-refractivity contribution is 0.180. The molecule has 0 bridgehead atoms. The van der Waals surface area contributed by atoms with E-state index in [1.165, 1.54) is 0 Å². The van der Waals surface area contributed by atoms with Gasteiger partial charge >= 0.3 is 0 Å². The van der Waals surface area contributed by atoms with Gasteiger partial charge in [-0.05, 0) is 55.0 Å². The molecule has 1 unspecified atom stereocenters. The molecule has 0 amide bonds. The highest BCUT2D eigenvalue weighted by Crippen LogP contribution is 2.13. The molecular weight excluding hydrogens is 400 g/mol. The van der Waals surface area contributed by atoms with Crippen LogP contribution in [0.5, 0.6) is 11.5 Å². The molecule has 32 heavy (non-hydrogen) atoms. The van der Waals surface area contributed by atoms with Crippen LogP contribution in [0.1, 0.15) is 17.5 Å². The van der Waals surface area contributed by atoms with Gasteiger partial charge in [-0.2, -0.15) is 10.5 Å². The van der Waals surface area contributed by atoms with Crippen molar-refractivity contribution >= 4 is 0 Å². The first-order chi connectivity index (χ1) is 15.8. The summed E-state index contributed by atoms with van der Waals surface area (Å²) in [6, 6.07) is 18.9. The Labute approximate surface area is 190 Å². The van der Waals surface area contributed by atoms with Gasteiger partial charge in [0.2, 0.25) is 0 Å². The molecule has 0 saturated carbocycles. The number of benzene rings is 2. The predicted octanol–water partition coefficient (Wildman–Crippen LogP) is 3.66. The van der Waals surface area contributed by atoms with E-state index in [0.29, 0.717) is 30.4 Å². The molecule has 2 aromatic rings. The summed E-state index contributed by atoms with van der Waals surface area (Å²) in [5.41, 5.74) is 1.26. The normalized spacial score (nSPS) is 16.6. The first-order valence-electron chi connectivity index (χ1n) is 10.8. The van der Waals surface area contributed by atoms with Crippen molar-refractivity contribution in [3.63, 3.8) is 0 Å². The van der Waals surface area contributed by atoms with E-state index in [0.717, 1.165) is 44.1 Å². The summed E-state index contributed by atoms with van der Waals surface area (Å²) in [7, 11) is 0. The third-order valence-corrected chi connectivity index (χ3v) is 5.21. The number of nitrogens with one attached hydrogen (secondary N) is 1. The Morgan fingerprint density at radius 1 is 0.844 bits per heavy atom. The molecule has 1 fully saturated rings. The molecule has 1 N–H and O–H groups in total. The largest absolute Gasteiger partial charge is 0.490 e. The van der Waals surface area contributed by atoms with Gasteiger partial charge in [0.25, 0.3) is 0 Å². The smallest absolute Gasteiger partial charge is 0.119 e. The van der Waals surface area contributed by atoms with Crippen LogP contribution in [0.2, 0.25) is 0 Å². The van der Waals surface area contributed by atoms with Crippen molar-refractivity contribution in [2.24, 2.45) is 0 Å². The third-order valence-electron chi connectivity index (χ3n) is 5.21. The Balaban J connectivity index is 1.36. The van der Waals surface area contributed by atoms with E-state index in [1.807, 2.05) is 36.4 Å². The number of ether oxygens (including phenoxy) is 2. The zero-order valence-electron chi connectivity index (χ0n) is 18.1. The molecule has 1 aliphatic rings. The fraction of sp³-hybridized carbons (Fsp3) is 0.308. The van der Waals surface area contributed by atoms with E-state index < -0.39 is 0 Å². The van der Waals surface area contributed by atoms with Crippen LogP contribution in [-0.2, 0) is 0 Å². The van der Waals surface area contributed by atoms with Crippen molar-refractivity contribution in [1.82, 2.24) is 10.2 Å². The maximum atomic E-state index is 8.83. The van der Waals surface area contributed by atoms with Gasteiger partial charge in [0, 0.05) is 32.2 Å². The van der Waals surface area contributed by atoms with Crippen LogP contribution in [0.4, 0.5) is 0 Å². The molecule has 1 saturated heterocycles. The highest BCUT2D eigenvalue weighted by atomic mass is 16.5. The highest BCUT2D eigenvalue weighted by Gasteiger charge is 2.19. The van der Waals surface area contributed by atoms with Gasteiger partial charge in [-0.15, -0.1) is 0 Å². The van der Waals surface area contributed by atoms with Crippen molar-refractivity contribution < 1.29 is 9.47 Å². The summed E-state index contributed by atoms with van der Waals surface area (Å²) in [4.78, 5) is 2.47. The number of nitriles is 2. The summed E-state index contributed by atoms with van der Waals surface area (Å²) >= 11 is 0. The number of nitrogens with zero attached hydrogens (tertiary/aromatic N) is 3. The zero-order chi connectivity index (χ0) is 22.4. The molecular formula is C26H28N4O2. The van der Waals surface area contributed by atoms with Gasteiger partial charge in [-0.1, -0.05) is 24.3 Å². The average Bonchev–Trinajstić information content (AvgIpc) is 2.85. The second kappa shape index (κ2) is 13.0. The van der Waals surface area contributed by atoms with Crippen molar-refractivity contribution in [1.29, 1.82) is 10.5 Å². The lowest BCUT2D eigenvalue weighted by Gasteiger charge is -2.35. The van der Waals surface area contributed by atoms with Crippen molar-refractivity contribution in [2.45, 2.75) is 12.5 Å². The summed E-state index contributed by atoms with van der Waals surface area (Å²) in [5.74, 6) is 1.53. The second-order valence-corrected chi connectivity index (χ2v) is 7.43. The van der Waals surface area contributed by atoms with E-state index >= 15 is 0 Å². The Morgan fingerprint density at radius 2 is 1.41 bits per heavy atom. The Hall–Kier alpha value is -3.58. The summed E-state index contributed by atoms with van der Waals surface area (Å²) in [5, 5.41) is 21.1. The summed E-state index contributed by atoms with van der Waals surface area (Å²) in [6.45, 7) is 4.89. The molecule has 6 nitrogen and oxygen atoms in total. The molecule has 0 aliphatic carbocycles. The number of hydrogen-bond donors (Lipinski definition) is 1. The monoisotopic (exact) mass is 428 g/mol. The molecule has 3 rings (SSSR count). The SMILES string of the molecule is N#Cc1ccc(OC/C=C/CC2CNCCN2C/C=C/COc2ccc(C#N)cc2)cc1. The van der Waals surface area contributed by atoms with Crippen LogP contribution in [0, 0.1) is 22.7 Å². The van der Waals surface area contributed by atoms with Crippen LogP contribution in [-0.4, -0.2) is 50.3 Å². The highest BCUT2D eigenvalue weighted by molar-refractivity contribution is 5.35. The Bertz CT molecular complexity index is 887. The first-order valence-corrected chi connectivity index (χ1v) is 10.8. The van der Waals surface area contributed by atoms with Crippen LogP contribution in [0.3, 0.4) is 0 Å². The number of hydrogen-bond acceptors (Lipinski definition) is 6. The van der Waals surface area contributed by atoms with E-state index in [1.54, 1.807) is 24.3 Å². The lowest BCUT2D eigenvalue weighted by atomic mass is 10.1. The second-order valence-electron chi connectivity index (χ2n) is 7.43. The minimum absolute atomic E-state index is 0.444. The predicted molar refractivity (Wildman–Crippen MR) is 124 cm³/mol. The van der Waals surface area contributed by atoms with Crippen LogP contribution in [0.25, 0.3) is 0 Å². The lowest BCUT2D eigenvalue weighted by Crippen LogP contribution is -2.50. The van der Waals surface area contributed by atoms with Crippen LogP contribution < -0.4 is 14.8 Å². The van der Waals surface area contributed by atoms with Gasteiger partial charge in [0.1, 0.15) is 24.7 Å². The fourth-order valence-corrected chi connectivity index (χ4v) is 3.42. The molecule has 0 radical (unpaired) electrons. The van der Waals surface area contributed by atoms with Crippen LogP contribution >= 0.6 is 0 Å². The zero-order valence-corrected chi connectivity index (χ0v) is 18.1. The third kappa shape index (κ3) is 7.59. The Kier molecular flexibility index (Phi) is 9.36. The van der Waals surface area contributed by atoms with Gasteiger partial charge in [-0.3, -0.25) is 4.90 Å². The maximum Gasteiger partial charge on any atom is 0.119 e. The van der Waals surface area contributed by atoms with Crippen molar-refractivity contribution in [3.05, 3.63) is 84.0 Å². The quantitative estimate of drug-likeness (QED) is 0.582. The number of rotatable bonds is 10. The molecule has 0 spiro atoms.